The molecular weight excluding hydrogens is 1670 g/mol. The SMILES string of the molecule is CCCN(C(P(=O)(O)O)P(=O)(O)O)C(P(=O)(O)O)P(=O)(O)O.CCCN(C(P(=O)(O)O)P(=O)(O)O)C(P(=O)(O)O)P(=O)(O)O.CCCN(C(P(=O)(O)O)P(=O)(O)O)C(P(=O)(O)O)P(=O)(O)O.CCCN(C(P(=O)(O)O)P(=O)(O)O)C(P(=O)(O)O)P(=O)(O)O.Cc1ccc(N)cc1N. The number of hydrogen-bond donors (Lipinski definition) is 34. The summed E-state index contributed by atoms with van der Waals surface area (Å²) in [6.45, 7) is 4.02. The van der Waals surface area contributed by atoms with E-state index in [9.17, 15) is 73.0 Å². The van der Waals surface area contributed by atoms with Gasteiger partial charge in [-0.2, -0.15) is 0 Å². The molecule has 584 valence electrons. The Morgan fingerprint density at radius 3 is 0.443 bits per heavy atom. The zero-order chi connectivity index (χ0) is 79.4. The summed E-state index contributed by atoms with van der Waals surface area (Å²) < 4.78 is 181. The topological polar surface area (TPSA) is 985 Å². The highest BCUT2D eigenvalue weighted by Gasteiger charge is 2.62. The average Bonchev–Trinajstić information content (AvgIpc) is 0.785. The van der Waals surface area contributed by atoms with E-state index in [4.69, 9.17) is 168 Å². The fourth-order valence-electron chi connectivity index (χ4n) is 7.75. The van der Waals surface area contributed by atoms with Gasteiger partial charge in [0, 0.05) is 37.6 Å². The Kier molecular flexibility index (Phi) is 41.2. The Balaban J connectivity index is -0.000000568. The van der Waals surface area contributed by atoms with Crippen molar-refractivity contribution >= 4 is 133 Å². The first-order valence-corrected chi connectivity index (χ1v) is 51.3. The number of nitrogens with zero attached hydrogens (tertiary/aromatic N) is 4. The van der Waals surface area contributed by atoms with Crippen LogP contribution in [0, 0.1) is 6.92 Å². The van der Waals surface area contributed by atoms with Crippen molar-refractivity contribution in [2.24, 2.45) is 0 Å². The molecule has 0 saturated carbocycles. The molecule has 0 unspecified atom stereocenters. The van der Waals surface area contributed by atoms with Crippen LogP contribution in [0.3, 0.4) is 0 Å². The van der Waals surface area contributed by atoms with Crippen LogP contribution in [0.1, 0.15) is 58.9 Å². The minimum Gasteiger partial charge on any atom is -0.399 e. The molecule has 70 heteroatoms. The predicted molar refractivity (Wildman–Crippen MR) is 331 cm³/mol. The fraction of sp³-hybridized carbons (Fsp3) is 0.778. The van der Waals surface area contributed by atoms with Gasteiger partial charge in [-0.1, -0.05) is 33.8 Å². The summed E-state index contributed by atoms with van der Waals surface area (Å²) in [4.78, 5) is 289. The quantitative estimate of drug-likeness (QED) is 0.0254. The number of hydrogen-bond acceptors (Lipinski definition) is 22. The van der Waals surface area contributed by atoms with Crippen LogP contribution in [0.2, 0.25) is 0 Å². The van der Waals surface area contributed by atoms with Gasteiger partial charge < -0.3 is 168 Å². The van der Waals surface area contributed by atoms with Crippen molar-refractivity contribution in [3.05, 3.63) is 23.8 Å². The molecule has 36 N–H and O–H groups in total. The van der Waals surface area contributed by atoms with Crippen LogP contribution >= 0.6 is 122 Å². The maximum atomic E-state index is 11.3. The summed E-state index contributed by atoms with van der Waals surface area (Å²) in [5.74, 6) is 0. The van der Waals surface area contributed by atoms with Gasteiger partial charge in [-0.3, -0.25) is 92.6 Å². The largest absolute Gasteiger partial charge is 0.399 e. The van der Waals surface area contributed by atoms with Gasteiger partial charge in [0.25, 0.3) is 0 Å². The monoisotopic (exact) mass is 1750 g/mol. The fourth-order valence-corrected chi connectivity index (χ4v) is 32.1. The summed E-state index contributed by atoms with van der Waals surface area (Å²) in [6.07, 6.45) is -0.639. The highest BCUT2D eigenvalue weighted by atomic mass is 31.3. The Labute approximate surface area is 546 Å². The standard InChI is InChI=1S/C7H10N2.4C5H17NO12P4/c1-5-2-3-6(8)4-7(5)9;4*1-2-3-6(4(19(7,8)9)20(10,11)12)5(21(13,14)15)22(16,17)18/h2-4H,8-9H2,1H3;4*4-5H,2-3H2,1H3,(H2,7,8,9)(H2,10,11,12)(H2,13,14,15)(H2,16,17,18). The van der Waals surface area contributed by atoms with Gasteiger partial charge in [-0.05, 0) is 50.3 Å². The third kappa shape index (κ3) is 37.0. The van der Waals surface area contributed by atoms with Crippen molar-refractivity contribution in [1.82, 2.24) is 19.6 Å². The third-order valence-electron chi connectivity index (χ3n) is 10.4. The molecule has 54 nitrogen and oxygen atoms in total. The Bertz CT molecular complexity index is 2760. The van der Waals surface area contributed by atoms with E-state index >= 15 is 0 Å². The van der Waals surface area contributed by atoms with E-state index in [1.165, 1.54) is 27.7 Å². The molecule has 0 fully saturated rings. The lowest BCUT2D eigenvalue weighted by Crippen LogP contribution is -2.43. The summed E-state index contributed by atoms with van der Waals surface area (Å²) in [5, 5.41) is 0. The van der Waals surface area contributed by atoms with E-state index in [1.54, 1.807) is 6.07 Å². The molecule has 0 spiro atoms. The van der Waals surface area contributed by atoms with E-state index in [1.807, 2.05) is 19.1 Å². The van der Waals surface area contributed by atoms with Crippen molar-refractivity contribution in [2.75, 3.05) is 37.6 Å². The molecule has 1 aromatic carbocycles. The van der Waals surface area contributed by atoms with Crippen molar-refractivity contribution in [3.8, 4) is 0 Å². The number of anilines is 2. The molecule has 0 heterocycles. The normalized spacial score (nSPS) is 14.6. The van der Waals surface area contributed by atoms with E-state index in [2.05, 4.69) is 0 Å². The summed E-state index contributed by atoms with van der Waals surface area (Å²) in [7, 11) is -91.2. The number of nitrogens with two attached hydrogens (primary N) is 2. The highest BCUT2D eigenvalue weighted by Crippen LogP contribution is 2.73. The lowest BCUT2D eigenvalue weighted by molar-refractivity contribution is 0.197. The van der Waals surface area contributed by atoms with Gasteiger partial charge in [0.15, 0.2) is 0 Å². The zero-order valence-electron chi connectivity index (χ0n) is 49.4. The summed E-state index contributed by atoms with van der Waals surface area (Å²) in [6, 6.07) is 5.51. The second-order valence-corrected chi connectivity index (χ2v) is 49.2. The Hall–Kier alpha value is 1.06. The molecule has 0 aliphatic carbocycles. The van der Waals surface area contributed by atoms with E-state index in [0.29, 0.717) is 0 Å². The molecule has 1 aromatic rings. The smallest absolute Gasteiger partial charge is 0.355 e. The molecule has 97 heavy (non-hydrogen) atoms. The van der Waals surface area contributed by atoms with Crippen LogP contribution in [0.5, 0.6) is 0 Å². The second-order valence-electron chi connectivity index (χ2n) is 19.3. The Morgan fingerprint density at radius 2 is 0.371 bits per heavy atom. The van der Waals surface area contributed by atoms with Gasteiger partial charge in [0.2, 0.25) is 44.2 Å². The first-order chi connectivity index (χ1) is 41.9. The molecule has 0 aliphatic rings. The van der Waals surface area contributed by atoms with Gasteiger partial charge in [0.05, 0.1) is 0 Å². The third-order valence-corrected chi connectivity index (χ3v) is 39.2. The molecule has 0 aromatic heterocycles. The molecular formula is C27H78N6O48P16. The van der Waals surface area contributed by atoms with Crippen LogP contribution in [0.25, 0.3) is 0 Å². The summed E-state index contributed by atoms with van der Waals surface area (Å²) in [5.41, 5.74) is -11.2. The van der Waals surface area contributed by atoms with Gasteiger partial charge >= 0.3 is 122 Å². The molecule has 0 aliphatic heterocycles. The first-order valence-electron chi connectivity index (χ1n) is 24.4. The van der Waals surface area contributed by atoms with E-state index < -0.39 is 192 Å². The molecule has 0 bridgehead atoms. The number of aryl methyl sites for hydroxylation is 1. The number of nitrogen functional groups attached to an aromatic ring is 2. The van der Waals surface area contributed by atoms with Gasteiger partial charge in [0.1, 0.15) is 0 Å². The van der Waals surface area contributed by atoms with Crippen LogP contribution in [-0.4, -0.2) is 247 Å². The second kappa shape index (κ2) is 38.2. The Morgan fingerprint density at radius 1 is 0.258 bits per heavy atom. The van der Waals surface area contributed by atoms with Crippen LogP contribution in [-0.2, 0) is 73.0 Å². The van der Waals surface area contributed by atoms with Crippen molar-refractivity contribution < 1.29 is 230 Å². The van der Waals surface area contributed by atoms with Gasteiger partial charge in [-0.15, -0.1) is 0 Å². The van der Waals surface area contributed by atoms with E-state index in [-0.39, 0.29) is 45.3 Å². The van der Waals surface area contributed by atoms with Crippen LogP contribution < -0.4 is 11.5 Å². The minimum absolute atomic E-state index is 0.160. The van der Waals surface area contributed by atoms with Crippen molar-refractivity contribution in [3.63, 3.8) is 0 Å². The first kappa shape index (κ1) is 104. The minimum atomic E-state index is -5.70. The lowest BCUT2D eigenvalue weighted by atomic mass is 10.2. The van der Waals surface area contributed by atoms with E-state index in [0.717, 1.165) is 16.9 Å². The molecule has 0 amide bonds. The lowest BCUT2D eigenvalue weighted by Gasteiger charge is -2.37. The maximum Gasteiger partial charge on any atom is 0.355 e. The summed E-state index contributed by atoms with van der Waals surface area (Å²) >= 11 is 0. The zero-order valence-corrected chi connectivity index (χ0v) is 63.8. The molecule has 0 radical (unpaired) electrons. The average molecular weight is 1750 g/mol. The number of benzene rings is 1. The molecule has 1 rings (SSSR count). The van der Waals surface area contributed by atoms with Crippen molar-refractivity contribution in [1.29, 1.82) is 0 Å². The van der Waals surface area contributed by atoms with Crippen LogP contribution in [0.15, 0.2) is 18.2 Å². The maximum absolute atomic E-state index is 11.3. The number of rotatable bonds is 32. The highest BCUT2D eigenvalue weighted by molar-refractivity contribution is 7.75. The predicted octanol–water partition coefficient (Wildman–Crippen LogP) is -2.93. The van der Waals surface area contributed by atoms with Gasteiger partial charge in [-0.25, -0.2) is 0 Å². The molecule has 0 saturated heterocycles. The molecule has 0 atom stereocenters. The van der Waals surface area contributed by atoms with Crippen LogP contribution in [0.4, 0.5) is 11.4 Å². The van der Waals surface area contributed by atoms with Crippen molar-refractivity contribution in [2.45, 2.75) is 104 Å².